The molecule has 0 unspecified atom stereocenters. The van der Waals surface area contributed by atoms with E-state index in [1.165, 1.54) is 0 Å². The number of benzene rings is 3. The normalized spacial score (nSPS) is 11.0. The molecule has 0 radical (unpaired) electrons. The van der Waals surface area contributed by atoms with Crippen molar-refractivity contribution in [2.24, 2.45) is 0 Å². The standard InChI is InChI=1S/C39H31ClN8O3/c40-30-10-5-4-8-27(30)23-47-34(24-48-33-22-43-21-31(41)37(33)38(46-48)26-13-15-29(49)16-14-26)45-32-11-6-9-25(36(32)39(47)51)7-2-1-3-12-35(50)44-28-17-19-42-20-18-28/h4-6,8-11,13-22,49H,1,3,12,23-24,41H2,(H,42,44,50). The van der Waals surface area contributed by atoms with Crippen molar-refractivity contribution in [3.8, 4) is 28.8 Å². The summed E-state index contributed by atoms with van der Waals surface area (Å²) in [6.07, 6.45) is 7.81. The number of halogens is 1. The van der Waals surface area contributed by atoms with Crippen molar-refractivity contribution in [1.82, 2.24) is 29.3 Å². The second-order valence-electron chi connectivity index (χ2n) is 11.8. The van der Waals surface area contributed by atoms with Gasteiger partial charge in [0.05, 0.1) is 53.0 Å². The van der Waals surface area contributed by atoms with Gasteiger partial charge in [-0.25, -0.2) is 4.98 Å². The number of pyridine rings is 2. The zero-order chi connectivity index (χ0) is 35.3. The van der Waals surface area contributed by atoms with Gasteiger partial charge in [0.2, 0.25) is 5.91 Å². The third-order valence-electron chi connectivity index (χ3n) is 8.36. The molecule has 7 rings (SSSR count). The Morgan fingerprint density at radius 1 is 0.922 bits per heavy atom. The molecule has 0 spiro atoms. The number of hydrogen-bond acceptors (Lipinski definition) is 8. The molecule has 51 heavy (non-hydrogen) atoms. The largest absolute Gasteiger partial charge is 0.508 e. The first-order valence-electron chi connectivity index (χ1n) is 16.2. The number of nitrogens with zero attached hydrogens (tertiary/aromatic N) is 6. The summed E-state index contributed by atoms with van der Waals surface area (Å²) >= 11 is 6.59. The number of phenolic OH excluding ortho intramolecular Hbond substituents is 1. The van der Waals surface area contributed by atoms with E-state index in [9.17, 15) is 14.7 Å². The molecule has 11 nitrogen and oxygen atoms in total. The molecule has 0 aliphatic heterocycles. The molecule has 252 valence electrons. The van der Waals surface area contributed by atoms with Crippen LogP contribution in [0.3, 0.4) is 0 Å². The molecule has 3 aromatic carbocycles. The third-order valence-corrected chi connectivity index (χ3v) is 8.73. The van der Waals surface area contributed by atoms with Crippen LogP contribution in [0, 0.1) is 11.8 Å². The van der Waals surface area contributed by atoms with E-state index >= 15 is 0 Å². The van der Waals surface area contributed by atoms with Crippen molar-refractivity contribution >= 4 is 50.7 Å². The SMILES string of the molecule is Nc1cncc2c1c(-c1ccc(O)cc1)nn2Cc1nc2cccc(C#CCCCC(=O)Nc3ccncc3)c2c(=O)n1Cc1ccccc1Cl. The summed E-state index contributed by atoms with van der Waals surface area (Å²) < 4.78 is 3.33. The number of rotatable bonds is 9. The van der Waals surface area contributed by atoms with Crippen LogP contribution in [0.4, 0.5) is 11.4 Å². The van der Waals surface area contributed by atoms with Crippen molar-refractivity contribution in [2.75, 3.05) is 11.1 Å². The van der Waals surface area contributed by atoms with Gasteiger partial charge in [0, 0.05) is 47.1 Å². The van der Waals surface area contributed by atoms with Gasteiger partial charge in [-0.05, 0) is 66.6 Å². The number of phenols is 1. The number of fused-ring (bicyclic) bond motifs is 2. The number of nitrogens with two attached hydrogens (primary N) is 1. The average molecular weight is 695 g/mol. The minimum atomic E-state index is -0.274. The topological polar surface area (TPSA) is 154 Å². The molecule has 0 aliphatic carbocycles. The maximum Gasteiger partial charge on any atom is 0.263 e. The van der Waals surface area contributed by atoms with Crippen molar-refractivity contribution in [2.45, 2.75) is 32.4 Å². The number of carbonyl (C=O) groups excluding carboxylic acids is 1. The number of aromatic nitrogens is 6. The lowest BCUT2D eigenvalue weighted by Crippen LogP contribution is -2.28. The number of anilines is 2. The average Bonchev–Trinajstić information content (AvgIpc) is 3.50. The van der Waals surface area contributed by atoms with Gasteiger partial charge < -0.3 is 16.2 Å². The molecule has 0 aliphatic rings. The maximum atomic E-state index is 14.5. The monoisotopic (exact) mass is 694 g/mol. The predicted molar refractivity (Wildman–Crippen MR) is 198 cm³/mol. The van der Waals surface area contributed by atoms with E-state index in [2.05, 4.69) is 27.1 Å². The molecular weight excluding hydrogens is 664 g/mol. The van der Waals surface area contributed by atoms with Crippen molar-refractivity contribution in [3.05, 3.63) is 136 Å². The van der Waals surface area contributed by atoms with Gasteiger partial charge in [-0.15, -0.1) is 0 Å². The van der Waals surface area contributed by atoms with E-state index < -0.39 is 0 Å². The van der Waals surface area contributed by atoms with Gasteiger partial charge in [-0.1, -0.05) is 47.7 Å². The summed E-state index contributed by atoms with van der Waals surface area (Å²) in [5, 5.41) is 19.2. The van der Waals surface area contributed by atoms with Crippen LogP contribution in [0.2, 0.25) is 5.02 Å². The summed E-state index contributed by atoms with van der Waals surface area (Å²) in [5.41, 5.74) is 11.1. The van der Waals surface area contributed by atoms with Gasteiger partial charge in [0.1, 0.15) is 17.3 Å². The highest BCUT2D eigenvalue weighted by atomic mass is 35.5. The van der Waals surface area contributed by atoms with Crippen LogP contribution in [0.1, 0.15) is 36.2 Å². The van der Waals surface area contributed by atoms with E-state index in [0.29, 0.717) is 74.5 Å². The predicted octanol–water partition coefficient (Wildman–Crippen LogP) is 6.40. The Balaban J connectivity index is 1.25. The number of aromatic hydroxyl groups is 1. The molecule has 0 fully saturated rings. The van der Waals surface area contributed by atoms with Crippen molar-refractivity contribution in [1.29, 1.82) is 0 Å². The van der Waals surface area contributed by atoms with Crippen LogP contribution in [0.5, 0.6) is 5.75 Å². The van der Waals surface area contributed by atoms with E-state index in [-0.39, 0.29) is 30.3 Å². The minimum absolute atomic E-state index is 0.106. The first kappa shape index (κ1) is 33.0. The summed E-state index contributed by atoms with van der Waals surface area (Å²) in [7, 11) is 0. The van der Waals surface area contributed by atoms with E-state index in [1.54, 1.807) is 88.6 Å². The Bertz CT molecular complexity index is 2520. The molecule has 7 aromatic rings. The van der Waals surface area contributed by atoms with E-state index in [1.807, 2.05) is 24.3 Å². The van der Waals surface area contributed by atoms with Crippen LogP contribution in [-0.2, 0) is 17.9 Å². The fourth-order valence-corrected chi connectivity index (χ4v) is 6.06. The fourth-order valence-electron chi connectivity index (χ4n) is 5.87. The van der Waals surface area contributed by atoms with Gasteiger partial charge in [0.25, 0.3) is 5.56 Å². The number of nitrogen functional groups attached to an aromatic ring is 1. The molecule has 12 heteroatoms. The Hall–Kier alpha value is -6.51. The second-order valence-corrected chi connectivity index (χ2v) is 12.2. The fraction of sp³-hybridized carbons (Fsp3) is 0.128. The van der Waals surface area contributed by atoms with E-state index in [0.717, 1.165) is 11.1 Å². The quantitative estimate of drug-likeness (QED) is 0.116. The van der Waals surface area contributed by atoms with Crippen LogP contribution < -0.4 is 16.6 Å². The zero-order valence-electron chi connectivity index (χ0n) is 27.3. The number of unbranched alkanes of at least 4 members (excludes halogenated alkanes) is 1. The third kappa shape index (κ3) is 7.13. The molecule has 4 aromatic heterocycles. The smallest absolute Gasteiger partial charge is 0.263 e. The van der Waals surface area contributed by atoms with E-state index in [4.69, 9.17) is 27.4 Å². The van der Waals surface area contributed by atoms with Gasteiger partial charge in [-0.3, -0.25) is 28.8 Å². The van der Waals surface area contributed by atoms with Crippen LogP contribution in [0.25, 0.3) is 33.1 Å². The summed E-state index contributed by atoms with van der Waals surface area (Å²) in [5.74, 6) is 6.76. The lowest BCUT2D eigenvalue weighted by atomic mass is 10.1. The number of nitrogens with one attached hydrogen (secondary N) is 1. The van der Waals surface area contributed by atoms with Gasteiger partial charge in [-0.2, -0.15) is 5.10 Å². The Labute approximate surface area is 297 Å². The number of amides is 1. The maximum absolute atomic E-state index is 14.5. The highest BCUT2D eigenvalue weighted by Crippen LogP contribution is 2.33. The molecule has 4 heterocycles. The van der Waals surface area contributed by atoms with Crippen molar-refractivity contribution < 1.29 is 9.90 Å². The van der Waals surface area contributed by atoms with Crippen LogP contribution >= 0.6 is 11.6 Å². The molecule has 1 amide bonds. The lowest BCUT2D eigenvalue weighted by molar-refractivity contribution is -0.116. The van der Waals surface area contributed by atoms with Gasteiger partial charge >= 0.3 is 0 Å². The summed E-state index contributed by atoms with van der Waals surface area (Å²) in [6, 6.07) is 22.9. The zero-order valence-corrected chi connectivity index (χ0v) is 28.0. The Kier molecular flexibility index (Phi) is 9.41. The van der Waals surface area contributed by atoms with Gasteiger partial charge in [0.15, 0.2) is 0 Å². The second kappa shape index (κ2) is 14.5. The molecule has 4 N–H and O–H groups in total. The van der Waals surface area contributed by atoms with Crippen molar-refractivity contribution in [3.63, 3.8) is 0 Å². The molecular formula is C39H31ClN8O3. The summed E-state index contributed by atoms with van der Waals surface area (Å²) in [4.78, 5) is 40.1. The number of carbonyl (C=O) groups is 1. The Morgan fingerprint density at radius 2 is 1.73 bits per heavy atom. The molecule has 0 saturated carbocycles. The lowest BCUT2D eigenvalue weighted by Gasteiger charge is -2.15. The molecule has 0 bridgehead atoms. The number of hydrogen-bond donors (Lipinski definition) is 3. The first-order chi connectivity index (χ1) is 24.9. The van der Waals surface area contributed by atoms with Crippen LogP contribution in [0.15, 0.2) is 108 Å². The first-order valence-corrected chi connectivity index (χ1v) is 16.6. The summed E-state index contributed by atoms with van der Waals surface area (Å²) in [6.45, 7) is 0.280. The molecule has 0 saturated heterocycles. The molecule has 0 atom stereocenters. The highest BCUT2D eigenvalue weighted by Gasteiger charge is 2.20. The minimum Gasteiger partial charge on any atom is -0.508 e. The van der Waals surface area contributed by atoms with Crippen LogP contribution in [-0.4, -0.2) is 40.3 Å². The highest BCUT2D eigenvalue weighted by molar-refractivity contribution is 6.31. The Morgan fingerprint density at radius 3 is 2.53 bits per heavy atom.